The van der Waals surface area contributed by atoms with E-state index in [0.717, 1.165) is 6.20 Å². The first kappa shape index (κ1) is 19.4. The Morgan fingerprint density at radius 2 is 1.85 bits per heavy atom. The van der Waals surface area contributed by atoms with Crippen molar-refractivity contribution in [1.82, 2.24) is 9.97 Å². The fraction of sp³-hybridized carbons (Fsp3) is 0.0625. The van der Waals surface area contributed by atoms with Gasteiger partial charge in [-0.2, -0.15) is 13.2 Å². The summed E-state index contributed by atoms with van der Waals surface area (Å²) < 4.78 is 78.6. The molecule has 0 aliphatic rings. The van der Waals surface area contributed by atoms with Crippen LogP contribution in [0.4, 0.5) is 23.4 Å². The molecule has 2 N–H and O–H groups in total. The van der Waals surface area contributed by atoms with Crippen molar-refractivity contribution in [3.05, 3.63) is 64.6 Å². The van der Waals surface area contributed by atoms with E-state index in [2.05, 4.69) is 30.6 Å². The SMILES string of the molecule is O=S(=O)(Nc1ncc(C(F)(F)F)cc1Br)c1c[nH]c(-c2ccccc2F)c1. The minimum atomic E-state index is -4.61. The number of aromatic nitrogens is 2. The van der Waals surface area contributed by atoms with Crippen molar-refractivity contribution >= 4 is 31.8 Å². The predicted molar refractivity (Wildman–Crippen MR) is 93.9 cm³/mol. The van der Waals surface area contributed by atoms with Gasteiger partial charge in [-0.15, -0.1) is 0 Å². The van der Waals surface area contributed by atoms with Gasteiger partial charge in [-0.05, 0) is 40.2 Å². The molecule has 0 aliphatic heterocycles. The predicted octanol–water partition coefficient (Wildman–Crippen LogP) is 4.80. The molecule has 0 amide bonds. The van der Waals surface area contributed by atoms with Crippen molar-refractivity contribution in [2.24, 2.45) is 0 Å². The van der Waals surface area contributed by atoms with Crippen molar-refractivity contribution in [3.63, 3.8) is 0 Å². The van der Waals surface area contributed by atoms with Gasteiger partial charge in [0.1, 0.15) is 10.7 Å². The van der Waals surface area contributed by atoms with Crippen LogP contribution in [-0.2, 0) is 16.2 Å². The number of alkyl halides is 3. The smallest absolute Gasteiger partial charge is 0.360 e. The van der Waals surface area contributed by atoms with E-state index in [1.807, 2.05) is 0 Å². The maximum atomic E-state index is 13.8. The first-order chi connectivity index (χ1) is 12.6. The minimum absolute atomic E-state index is 0.174. The Bertz CT molecular complexity index is 1100. The van der Waals surface area contributed by atoms with Crippen LogP contribution in [0.1, 0.15) is 5.56 Å². The summed E-state index contributed by atoms with van der Waals surface area (Å²) in [6, 6.07) is 7.71. The number of rotatable bonds is 4. The van der Waals surface area contributed by atoms with Crippen LogP contribution in [0.15, 0.2) is 58.2 Å². The fourth-order valence-electron chi connectivity index (χ4n) is 2.22. The highest BCUT2D eigenvalue weighted by Crippen LogP contribution is 2.33. The van der Waals surface area contributed by atoms with Gasteiger partial charge in [0.15, 0.2) is 5.82 Å². The quantitative estimate of drug-likeness (QED) is 0.545. The first-order valence-electron chi connectivity index (χ1n) is 7.27. The molecule has 0 unspecified atom stereocenters. The molecule has 11 heteroatoms. The van der Waals surface area contributed by atoms with Crippen LogP contribution in [0, 0.1) is 5.82 Å². The zero-order chi connectivity index (χ0) is 19.8. The maximum absolute atomic E-state index is 13.8. The summed E-state index contributed by atoms with van der Waals surface area (Å²) in [7, 11) is -4.16. The lowest BCUT2D eigenvalue weighted by Gasteiger charge is -2.10. The number of aromatic amines is 1. The summed E-state index contributed by atoms with van der Waals surface area (Å²) in [6.07, 6.45) is -2.95. The number of anilines is 1. The highest BCUT2D eigenvalue weighted by atomic mass is 79.9. The van der Waals surface area contributed by atoms with E-state index in [9.17, 15) is 26.0 Å². The van der Waals surface area contributed by atoms with Gasteiger partial charge in [0.2, 0.25) is 0 Å². The van der Waals surface area contributed by atoms with Crippen LogP contribution < -0.4 is 4.72 Å². The molecule has 0 radical (unpaired) electrons. The molecule has 0 bridgehead atoms. The summed E-state index contributed by atoms with van der Waals surface area (Å²) in [5, 5.41) is 0. The maximum Gasteiger partial charge on any atom is 0.417 e. The second-order valence-corrected chi connectivity index (χ2v) is 7.92. The van der Waals surface area contributed by atoms with E-state index in [4.69, 9.17) is 0 Å². The molecule has 1 aromatic carbocycles. The van der Waals surface area contributed by atoms with Gasteiger partial charge in [-0.3, -0.25) is 4.72 Å². The third-order valence-electron chi connectivity index (χ3n) is 3.53. The summed E-state index contributed by atoms with van der Waals surface area (Å²) in [5.41, 5.74) is -0.624. The van der Waals surface area contributed by atoms with Crippen LogP contribution in [0.2, 0.25) is 0 Å². The summed E-state index contributed by atoms with van der Waals surface area (Å²) in [4.78, 5) is 5.94. The van der Waals surface area contributed by atoms with E-state index in [0.29, 0.717) is 12.3 Å². The van der Waals surface area contributed by atoms with Crippen molar-refractivity contribution in [1.29, 1.82) is 0 Å². The highest BCUT2D eigenvalue weighted by molar-refractivity contribution is 9.10. The Labute approximate surface area is 159 Å². The van der Waals surface area contributed by atoms with E-state index in [-0.39, 0.29) is 26.4 Å². The van der Waals surface area contributed by atoms with Crippen molar-refractivity contribution in [2.45, 2.75) is 11.1 Å². The van der Waals surface area contributed by atoms with Gasteiger partial charge in [-0.1, -0.05) is 12.1 Å². The largest absolute Gasteiger partial charge is 0.417 e. The number of nitrogens with zero attached hydrogens (tertiary/aromatic N) is 1. The van der Waals surface area contributed by atoms with Crippen LogP contribution >= 0.6 is 15.9 Å². The number of benzene rings is 1. The molecule has 0 atom stereocenters. The standard InChI is InChI=1S/C16H10BrF4N3O2S/c17-12-5-9(16(19,20)21)7-23-15(12)24-27(25,26)10-6-14(22-8-10)11-3-1-2-4-13(11)18/h1-8,22H,(H,23,24). The van der Waals surface area contributed by atoms with E-state index in [1.54, 1.807) is 6.07 Å². The van der Waals surface area contributed by atoms with Gasteiger partial charge in [0, 0.05) is 23.7 Å². The second-order valence-electron chi connectivity index (χ2n) is 5.39. The number of H-pyrrole nitrogens is 1. The molecule has 2 aromatic heterocycles. The summed E-state index contributed by atoms with van der Waals surface area (Å²) in [6.45, 7) is 0. The molecular formula is C16H10BrF4N3O2S. The lowest BCUT2D eigenvalue weighted by atomic mass is 10.1. The molecule has 2 heterocycles. The molecule has 3 rings (SSSR count). The Morgan fingerprint density at radius 3 is 2.48 bits per heavy atom. The van der Waals surface area contributed by atoms with Crippen molar-refractivity contribution < 1.29 is 26.0 Å². The summed E-state index contributed by atoms with van der Waals surface area (Å²) in [5.74, 6) is -0.847. The van der Waals surface area contributed by atoms with Crippen molar-refractivity contribution in [2.75, 3.05) is 4.72 Å². The van der Waals surface area contributed by atoms with E-state index in [1.165, 1.54) is 24.3 Å². The van der Waals surface area contributed by atoms with Crippen LogP contribution in [0.5, 0.6) is 0 Å². The molecule has 0 saturated heterocycles. The first-order valence-corrected chi connectivity index (χ1v) is 9.54. The van der Waals surface area contributed by atoms with Gasteiger partial charge in [-0.25, -0.2) is 17.8 Å². The third-order valence-corrected chi connectivity index (χ3v) is 5.45. The second kappa shape index (κ2) is 6.97. The van der Waals surface area contributed by atoms with Gasteiger partial charge in [0.05, 0.1) is 10.0 Å². The number of nitrogens with one attached hydrogen (secondary N) is 2. The molecule has 0 spiro atoms. The Morgan fingerprint density at radius 1 is 1.15 bits per heavy atom. The minimum Gasteiger partial charge on any atom is -0.360 e. The Kier molecular flexibility index (Phi) is 5.00. The zero-order valence-electron chi connectivity index (χ0n) is 13.2. The third kappa shape index (κ3) is 4.14. The van der Waals surface area contributed by atoms with E-state index >= 15 is 0 Å². The van der Waals surface area contributed by atoms with Crippen molar-refractivity contribution in [3.8, 4) is 11.3 Å². The lowest BCUT2D eigenvalue weighted by molar-refractivity contribution is -0.137. The molecule has 142 valence electrons. The lowest BCUT2D eigenvalue weighted by Crippen LogP contribution is -2.14. The molecule has 0 saturated carbocycles. The molecule has 0 aliphatic carbocycles. The number of hydrogen-bond acceptors (Lipinski definition) is 3. The van der Waals surface area contributed by atoms with E-state index < -0.39 is 27.6 Å². The molecular weight excluding hydrogens is 454 g/mol. The number of pyridine rings is 1. The fourth-order valence-corrected chi connectivity index (χ4v) is 3.82. The van der Waals surface area contributed by atoms with Crippen LogP contribution in [0.3, 0.4) is 0 Å². The Hall–Kier alpha value is -2.40. The number of sulfonamides is 1. The topological polar surface area (TPSA) is 74.8 Å². The summed E-state index contributed by atoms with van der Waals surface area (Å²) >= 11 is 2.87. The Balaban J connectivity index is 1.89. The molecule has 5 nitrogen and oxygen atoms in total. The number of halogens is 5. The van der Waals surface area contributed by atoms with Crippen LogP contribution in [0.25, 0.3) is 11.3 Å². The van der Waals surface area contributed by atoms with Gasteiger partial charge in [0.25, 0.3) is 10.0 Å². The normalized spacial score (nSPS) is 12.2. The highest BCUT2D eigenvalue weighted by Gasteiger charge is 2.32. The molecule has 3 aromatic rings. The van der Waals surface area contributed by atoms with Crippen LogP contribution in [-0.4, -0.2) is 18.4 Å². The monoisotopic (exact) mass is 463 g/mol. The average Bonchev–Trinajstić information content (AvgIpc) is 3.07. The zero-order valence-corrected chi connectivity index (χ0v) is 15.6. The van der Waals surface area contributed by atoms with Gasteiger partial charge >= 0.3 is 6.18 Å². The molecule has 0 fully saturated rings. The number of hydrogen-bond donors (Lipinski definition) is 2. The average molecular weight is 464 g/mol. The molecule has 27 heavy (non-hydrogen) atoms. The van der Waals surface area contributed by atoms with Gasteiger partial charge < -0.3 is 4.98 Å².